The maximum absolute atomic E-state index is 11.5. The molecule has 1 N–H and O–H groups in total. The van der Waals surface area contributed by atoms with Gasteiger partial charge in [0.25, 0.3) is 0 Å². The van der Waals surface area contributed by atoms with Crippen molar-refractivity contribution in [3.05, 3.63) is 59.7 Å². The van der Waals surface area contributed by atoms with Gasteiger partial charge >= 0.3 is 11.9 Å². The number of rotatable bonds is 11. The summed E-state index contributed by atoms with van der Waals surface area (Å²) in [5, 5.41) is 8.92. The van der Waals surface area contributed by atoms with Gasteiger partial charge in [0.2, 0.25) is 0 Å². The second-order valence-electron chi connectivity index (χ2n) is 6.74. The zero-order chi connectivity index (χ0) is 23.8. The number of aromatic hydroxyl groups is 1. The Morgan fingerprint density at radius 1 is 0.788 bits per heavy atom. The van der Waals surface area contributed by atoms with E-state index in [1.807, 2.05) is 12.1 Å². The van der Waals surface area contributed by atoms with E-state index < -0.39 is 0 Å². The van der Waals surface area contributed by atoms with Crippen LogP contribution in [0.15, 0.2) is 48.5 Å². The highest BCUT2D eigenvalue weighted by molar-refractivity contribution is 5.89. The number of hydrogen-bond donors (Lipinski definition) is 1. The van der Waals surface area contributed by atoms with Crippen LogP contribution in [0.2, 0.25) is 0 Å². The van der Waals surface area contributed by atoms with Crippen LogP contribution in [-0.2, 0) is 9.47 Å². The smallest absolute Gasteiger partial charge is 0.338 e. The molecule has 0 heterocycles. The predicted molar refractivity (Wildman–Crippen MR) is 131 cm³/mol. The second-order valence-corrected chi connectivity index (χ2v) is 6.74. The van der Waals surface area contributed by atoms with Crippen LogP contribution in [-0.4, -0.2) is 61.4 Å². The minimum atomic E-state index is -0.363. The molecule has 0 aromatic heterocycles. The van der Waals surface area contributed by atoms with Gasteiger partial charge in [-0.15, -0.1) is 0 Å². The van der Waals surface area contributed by atoms with E-state index in [2.05, 4.69) is 18.7 Å². The van der Waals surface area contributed by atoms with Crippen molar-refractivity contribution in [1.29, 1.82) is 0 Å². The van der Waals surface area contributed by atoms with Gasteiger partial charge < -0.3 is 24.2 Å². The van der Waals surface area contributed by atoms with Crippen LogP contribution in [0, 0.1) is 0 Å². The number of hydrogen-bond acceptors (Lipinski definition) is 7. The van der Waals surface area contributed by atoms with Crippen molar-refractivity contribution in [3.8, 4) is 11.5 Å². The Hall–Kier alpha value is -3.06. The van der Waals surface area contributed by atoms with Crippen molar-refractivity contribution in [2.45, 2.75) is 41.5 Å². The number of phenols is 1. The van der Waals surface area contributed by atoms with E-state index in [1.54, 1.807) is 26.0 Å². The van der Waals surface area contributed by atoms with Crippen LogP contribution in [0.5, 0.6) is 11.5 Å². The third-order valence-corrected chi connectivity index (χ3v) is 4.53. The molecule has 0 spiro atoms. The van der Waals surface area contributed by atoms with Gasteiger partial charge in [-0.25, -0.2) is 9.59 Å². The number of esters is 2. The molecule has 0 fully saturated rings. The number of benzene rings is 2. The third-order valence-electron chi connectivity index (χ3n) is 4.53. The minimum absolute atomic E-state index is 0. The molecule has 0 aliphatic rings. The third kappa shape index (κ3) is 11.9. The van der Waals surface area contributed by atoms with Crippen LogP contribution in [0.25, 0.3) is 0 Å². The van der Waals surface area contributed by atoms with Crippen molar-refractivity contribution in [2.75, 3.05) is 39.5 Å². The van der Waals surface area contributed by atoms with Crippen LogP contribution in [0.4, 0.5) is 0 Å². The van der Waals surface area contributed by atoms with Gasteiger partial charge in [0.1, 0.15) is 11.5 Å². The second kappa shape index (κ2) is 17.5. The van der Waals surface area contributed by atoms with Crippen molar-refractivity contribution in [3.63, 3.8) is 0 Å². The maximum atomic E-state index is 11.5. The summed E-state index contributed by atoms with van der Waals surface area (Å²) in [4.78, 5) is 24.9. The summed E-state index contributed by atoms with van der Waals surface area (Å²) < 4.78 is 15.3. The van der Waals surface area contributed by atoms with E-state index in [0.717, 1.165) is 31.8 Å². The fourth-order valence-electron chi connectivity index (χ4n) is 2.73. The first kappa shape index (κ1) is 29.9. The van der Waals surface area contributed by atoms with E-state index in [9.17, 15) is 9.59 Å². The highest BCUT2D eigenvalue weighted by atomic mass is 16.5. The summed E-state index contributed by atoms with van der Waals surface area (Å²) in [5.74, 6) is 0.277. The standard InChI is InChI=1S/C16H25NO3.C9H10O3.CH4/c1-4-17(5-2)12-7-13-20-15-10-8-14(9-11-15)16(18)19-6-3;1-2-12-9(11)7-3-5-8(10)6-4-7;/h8-11H,4-7,12-13H2,1-3H3;3-6,10H,2H2,1H3;1H4. The zero-order valence-corrected chi connectivity index (χ0v) is 19.5. The number of carbonyl (C=O) groups excluding carboxylic acids is 2. The Morgan fingerprint density at radius 3 is 1.67 bits per heavy atom. The molecule has 0 atom stereocenters. The largest absolute Gasteiger partial charge is 0.508 e. The molecule has 2 rings (SSSR count). The van der Waals surface area contributed by atoms with Gasteiger partial charge in [0.05, 0.1) is 30.9 Å². The molecule has 0 unspecified atom stereocenters. The number of phenolic OH excluding ortho intramolecular Hbond substituents is 1. The molecule has 0 bridgehead atoms. The average molecular weight is 462 g/mol. The zero-order valence-electron chi connectivity index (χ0n) is 19.5. The molecule has 33 heavy (non-hydrogen) atoms. The Labute approximate surface area is 198 Å². The summed E-state index contributed by atoms with van der Waals surface area (Å²) in [6.45, 7) is 12.5. The molecule has 2 aromatic rings. The first-order valence-corrected chi connectivity index (χ1v) is 11.0. The summed E-state index contributed by atoms with van der Waals surface area (Å²) in [6.07, 6.45) is 1.00. The Morgan fingerprint density at radius 2 is 1.24 bits per heavy atom. The van der Waals surface area contributed by atoms with E-state index in [-0.39, 0.29) is 25.1 Å². The average Bonchev–Trinajstić information content (AvgIpc) is 2.81. The molecule has 0 radical (unpaired) electrons. The van der Waals surface area contributed by atoms with Crippen LogP contribution in [0.1, 0.15) is 62.3 Å². The van der Waals surface area contributed by atoms with Crippen molar-refractivity contribution < 1.29 is 28.9 Å². The molecule has 184 valence electrons. The summed E-state index contributed by atoms with van der Waals surface area (Å²) in [5.41, 5.74) is 1.01. The summed E-state index contributed by atoms with van der Waals surface area (Å²) in [7, 11) is 0. The number of nitrogens with zero attached hydrogens (tertiary/aromatic N) is 1. The van der Waals surface area contributed by atoms with E-state index in [1.165, 1.54) is 24.3 Å². The monoisotopic (exact) mass is 461 g/mol. The number of carbonyl (C=O) groups is 2. The van der Waals surface area contributed by atoms with Gasteiger partial charge in [-0.3, -0.25) is 0 Å². The fraction of sp³-hybridized carbons (Fsp3) is 0.462. The molecule has 0 aliphatic carbocycles. The Balaban J connectivity index is 0.000000675. The first-order chi connectivity index (χ1) is 15.4. The molecule has 0 aliphatic heterocycles. The lowest BCUT2D eigenvalue weighted by molar-refractivity contribution is 0.0516. The molecule has 0 saturated heterocycles. The van der Waals surface area contributed by atoms with Crippen molar-refractivity contribution >= 4 is 11.9 Å². The quantitative estimate of drug-likeness (QED) is 0.364. The van der Waals surface area contributed by atoms with Crippen molar-refractivity contribution in [2.24, 2.45) is 0 Å². The summed E-state index contributed by atoms with van der Waals surface area (Å²) >= 11 is 0. The minimum Gasteiger partial charge on any atom is -0.508 e. The molecular formula is C26H39NO6. The van der Waals surface area contributed by atoms with Crippen LogP contribution in [0.3, 0.4) is 0 Å². The van der Waals surface area contributed by atoms with Gasteiger partial charge in [0.15, 0.2) is 0 Å². The molecule has 7 heteroatoms. The lowest BCUT2D eigenvalue weighted by Gasteiger charge is -2.17. The molecule has 0 saturated carbocycles. The Kier molecular flexibility index (Phi) is 15.9. The SMILES string of the molecule is C.CCOC(=O)c1ccc(O)cc1.CCOC(=O)c1ccc(OCCCN(CC)CC)cc1. The highest BCUT2D eigenvalue weighted by Gasteiger charge is 2.06. The number of ether oxygens (including phenoxy) is 3. The lowest BCUT2D eigenvalue weighted by Crippen LogP contribution is -2.25. The molecule has 7 nitrogen and oxygen atoms in total. The predicted octanol–water partition coefficient (Wildman–Crippen LogP) is 5.18. The molecule has 2 aromatic carbocycles. The van der Waals surface area contributed by atoms with Crippen molar-refractivity contribution in [1.82, 2.24) is 4.90 Å². The fourth-order valence-corrected chi connectivity index (χ4v) is 2.73. The van der Waals surface area contributed by atoms with Crippen LogP contribution < -0.4 is 4.74 Å². The Bertz CT molecular complexity index is 785. The highest BCUT2D eigenvalue weighted by Crippen LogP contribution is 2.13. The van der Waals surface area contributed by atoms with Crippen LogP contribution >= 0.6 is 0 Å². The van der Waals surface area contributed by atoms with Gasteiger partial charge in [0, 0.05) is 6.54 Å². The normalized spacial score (nSPS) is 9.85. The van der Waals surface area contributed by atoms with E-state index in [0.29, 0.717) is 30.9 Å². The summed E-state index contributed by atoms with van der Waals surface area (Å²) in [6, 6.07) is 13.0. The topological polar surface area (TPSA) is 85.3 Å². The maximum Gasteiger partial charge on any atom is 0.338 e. The molecular weight excluding hydrogens is 422 g/mol. The first-order valence-electron chi connectivity index (χ1n) is 11.0. The van der Waals surface area contributed by atoms with Gasteiger partial charge in [-0.2, -0.15) is 0 Å². The lowest BCUT2D eigenvalue weighted by atomic mass is 10.2. The molecule has 0 amide bonds. The van der Waals surface area contributed by atoms with E-state index in [4.69, 9.17) is 19.3 Å². The van der Waals surface area contributed by atoms with Gasteiger partial charge in [-0.05, 0) is 81.9 Å². The van der Waals surface area contributed by atoms with E-state index >= 15 is 0 Å². The van der Waals surface area contributed by atoms with Gasteiger partial charge in [-0.1, -0.05) is 21.3 Å².